The molecule has 6 atom stereocenters. The summed E-state index contributed by atoms with van der Waals surface area (Å²) in [6, 6.07) is 0. The zero-order valence-corrected chi connectivity index (χ0v) is 51.3. The number of esters is 3. The molecule has 1 fully saturated rings. The Morgan fingerprint density at radius 3 is 1.23 bits per heavy atom. The Labute approximate surface area is 492 Å². The van der Waals surface area contributed by atoms with Crippen molar-refractivity contribution in [2.75, 3.05) is 13.2 Å². The first-order valence-corrected chi connectivity index (χ1v) is 32.6. The molecule has 0 aromatic rings. The Bertz CT molecular complexity index is 1730. The molecule has 0 saturated carbocycles. The molecule has 1 aliphatic heterocycles. The maximum absolute atomic E-state index is 13.2. The molecule has 81 heavy (non-hydrogen) atoms. The minimum Gasteiger partial charge on any atom is -0.479 e. The van der Waals surface area contributed by atoms with Crippen molar-refractivity contribution >= 4 is 23.9 Å². The van der Waals surface area contributed by atoms with Crippen molar-refractivity contribution < 1.29 is 58.2 Å². The van der Waals surface area contributed by atoms with Crippen LogP contribution in [0.15, 0.2) is 85.1 Å². The van der Waals surface area contributed by atoms with Crippen LogP contribution in [0.4, 0.5) is 0 Å². The third kappa shape index (κ3) is 46.0. The topological polar surface area (TPSA) is 175 Å². The van der Waals surface area contributed by atoms with Crippen LogP contribution < -0.4 is 0 Å². The van der Waals surface area contributed by atoms with Gasteiger partial charge >= 0.3 is 23.9 Å². The van der Waals surface area contributed by atoms with Crippen LogP contribution in [0.2, 0.25) is 0 Å². The quantitative estimate of drug-likeness (QED) is 0.0228. The fourth-order valence-corrected chi connectivity index (χ4v) is 9.51. The average Bonchev–Trinajstić information content (AvgIpc) is 3.54. The Hall–Kier alpha value is -4.10. The number of carbonyl (C=O) groups excluding carboxylic acids is 3. The van der Waals surface area contributed by atoms with Crippen LogP contribution in [-0.2, 0) is 42.9 Å². The summed E-state index contributed by atoms with van der Waals surface area (Å²) in [5.74, 6) is -3.22. The molecule has 0 aromatic carbocycles. The van der Waals surface area contributed by atoms with E-state index in [1.54, 1.807) is 0 Å². The smallest absolute Gasteiger partial charge is 0.335 e. The second-order valence-corrected chi connectivity index (χ2v) is 22.0. The molecular weight excluding hydrogens is 1020 g/mol. The molecule has 1 rings (SSSR count). The van der Waals surface area contributed by atoms with Gasteiger partial charge in [0.25, 0.3) is 0 Å². The molecule has 0 amide bonds. The fourth-order valence-electron chi connectivity index (χ4n) is 9.51. The molecule has 0 radical (unpaired) electrons. The maximum atomic E-state index is 13.2. The van der Waals surface area contributed by atoms with Gasteiger partial charge in [-0.15, -0.1) is 0 Å². The number of aliphatic hydroxyl groups is 2. The first kappa shape index (κ1) is 74.9. The number of carboxylic acids is 1. The van der Waals surface area contributed by atoms with Crippen LogP contribution >= 0.6 is 0 Å². The Morgan fingerprint density at radius 1 is 0.420 bits per heavy atom. The lowest BCUT2D eigenvalue weighted by molar-refractivity contribution is -0.301. The fraction of sp³-hybridized carbons (Fsp3) is 0.739. The lowest BCUT2D eigenvalue weighted by Crippen LogP contribution is -2.61. The van der Waals surface area contributed by atoms with Gasteiger partial charge in [-0.25, -0.2) is 4.79 Å². The number of carbonyl (C=O) groups is 4. The van der Waals surface area contributed by atoms with Crippen LogP contribution in [-0.4, -0.2) is 89.2 Å². The molecule has 1 aliphatic rings. The van der Waals surface area contributed by atoms with Crippen molar-refractivity contribution in [3.63, 3.8) is 0 Å². The van der Waals surface area contributed by atoms with Crippen molar-refractivity contribution in [2.45, 2.75) is 314 Å². The monoisotopic (exact) mass is 1140 g/mol. The Kier molecular flexibility index (Phi) is 52.1. The highest BCUT2D eigenvalue weighted by Crippen LogP contribution is 2.26. The van der Waals surface area contributed by atoms with Crippen molar-refractivity contribution in [1.82, 2.24) is 0 Å². The van der Waals surface area contributed by atoms with Crippen molar-refractivity contribution in [3.05, 3.63) is 85.1 Å². The predicted octanol–water partition coefficient (Wildman–Crippen LogP) is 17.5. The highest BCUT2D eigenvalue weighted by molar-refractivity contribution is 5.74. The second-order valence-electron chi connectivity index (χ2n) is 22.0. The summed E-state index contributed by atoms with van der Waals surface area (Å²) in [4.78, 5) is 51.3. The third-order valence-corrected chi connectivity index (χ3v) is 14.5. The largest absolute Gasteiger partial charge is 0.479 e. The van der Waals surface area contributed by atoms with E-state index in [-0.39, 0.29) is 25.9 Å². The van der Waals surface area contributed by atoms with Crippen LogP contribution in [0.1, 0.15) is 278 Å². The van der Waals surface area contributed by atoms with E-state index in [4.69, 9.17) is 23.7 Å². The van der Waals surface area contributed by atoms with Crippen LogP contribution in [0.25, 0.3) is 0 Å². The van der Waals surface area contributed by atoms with Crippen LogP contribution in [0.5, 0.6) is 0 Å². The zero-order valence-electron chi connectivity index (χ0n) is 51.3. The third-order valence-electron chi connectivity index (χ3n) is 14.5. The summed E-state index contributed by atoms with van der Waals surface area (Å²) in [6.45, 7) is 5.87. The summed E-state index contributed by atoms with van der Waals surface area (Å²) in [5, 5.41) is 31.6. The van der Waals surface area contributed by atoms with Gasteiger partial charge in [-0.3, -0.25) is 14.4 Å². The minimum absolute atomic E-state index is 0.0662. The first-order chi connectivity index (χ1) is 39.6. The molecule has 12 heteroatoms. The first-order valence-electron chi connectivity index (χ1n) is 32.6. The van der Waals surface area contributed by atoms with Crippen molar-refractivity contribution in [3.8, 4) is 0 Å². The molecular formula is C69H116O12. The van der Waals surface area contributed by atoms with Crippen LogP contribution in [0.3, 0.4) is 0 Å². The maximum Gasteiger partial charge on any atom is 0.335 e. The molecule has 6 unspecified atom stereocenters. The molecule has 0 aromatic heterocycles. The van der Waals surface area contributed by atoms with E-state index in [0.717, 1.165) is 77.0 Å². The number of aliphatic hydroxyl groups excluding tert-OH is 2. The lowest BCUT2D eigenvalue weighted by Gasteiger charge is -2.40. The van der Waals surface area contributed by atoms with E-state index >= 15 is 0 Å². The minimum atomic E-state index is -1.93. The molecule has 0 spiro atoms. The van der Waals surface area contributed by atoms with E-state index in [2.05, 4.69) is 87.6 Å². The Balaban J connectivity index is 2.70. The van der Waals surface area contributed by atoms with Crippen LogP contribution in [0, 0.1) is 0 Å². The van der Waals surface area contributed by atoms with Gasteiger partial charge in [0.05, 0.1) is 6.61 Å². The number of allylic oxidation sites excluding steroid dienone is 14. The molecule has 0 aliphatic carbocycles. The van der Waals surface area contributed by atoms with Gasteiger partial charge in [-0.1, -0.05) is 260 Å². The molecule has 3 N–H and O–H groups in total. The van der Waals surface area contributed by atoms with Gasteiger partial charge in [0.15, 0.2) is 24.6 Å². The standard InChI is InChI=1S/C69H116O12/c1-4-7-10-13-16-19-22-25-28-30-31-33-36-39-42-45-48-51-54-57-63(72)80-67-65(74)64(73)66(68(75)76)81-69(67)78-59-60(79-62(71)56-53-50-47-44-41-38-34-27-24-21-18-15-12-9-6-3)58-77-61(70)55-52-49-46-43-40-37-35-32-29-26-23-20-17-14-11-8-5-2/h7,10,16,19,25-26,28-29,31,33,39,42,48,51,60,64-67,69,73-74H,4-6,8-9,11-15,17-18,20-24,27,30,32,34-38,40-41,43-47,49-50,52-59H2,1-3H3,(H,75,76)/b10-7-,19-16-,28-25-,29-26-,33-31-,42-39-,51-48-. The van der Waals surface area contributed by atoms with E-state index < -0.39 is 67.3 Å². The van der Waals surface area contributed by atoms with E-state index in [1.807, 2.05) is 18.2 Å². The van der Waals surface area contributed by atoms with Crippen molar-refractivity contribution in [2.24, 2.45) is 0 Å². The van der Waals surface area contributed by atoms with Gasteiger partial charge in [0, 0.05) is 19.3 Å². The number of carboxylic acid groups (broad SMARTS) is 1. The van der Waals surface area contributed by atoms with E-state index in [9.17, 15) is 34.5 Å². The van der Waals surface area contributed by atoms with Gasteiger partial charge in [-0.2, -0.15) is 0 Å². The number of hydrogen-bond acceptors (Lipinski definition) is 11. The second kappa shape index (κ2) is 56.4. The van der Waals surface area contributed by atoms with Crippen molar-refractivity contribution in [1.29, 1.82) is 0 Å². The van der Waals surface area contributed by atoms with Gasteiger partial charge < -0.3 is 39.0 Å². The van der Waals surface area contributed by atoms with E-state index in [1.165, 1.54) is 135 Å². The van der Waals surface area contributed by atoms with Gasteiger partial charge in [-0.05, 0) is 83.5 Å². The molecule has 1 heterocycles. The molecule has 1 saturated heterocycles. The number of rotatable bonds is 55. The summed E-state index contributed by atoms with van der Waals surface area (Å²) in [6.07, 6.45) is 61.2. The zero-order chi connectivity index (χ0) is 58.9. The van der Waals surface area contributed by atoms with Gasteiger partial charge in [0.1, 0.15) is 18.8 Å². The summed E-state index contributed by atoms with van der Waals surface area (Å²) >= 11 is 0. The number of ether oxygens (including phenoxy) is 5. The summed E-state index contributed by atoms with van der Waals surface area (Å²) in [5.41, 5.74) is 0. The number of unbranched alkanes of at least 4 members (excludes halogenated alkanes) is 27. The molecule has 0 bridgehead atoms. The lowest BCUT2D eigenvalue weighted by atomic mass is 9.98. The summed E-state index contributed by atoms with van der Waals surface area (Å²) in [7, 11) is 0. The molecule has 464 valence electrons. The SMILES string of the molecule is CC/C=C\C/C=C\C/C=C\C/C=C\C/C=C\C/C=C\CCC(=O)OC1C(OCC(COC(=O)CCCCCCCCC/C=C\CCCCCCCC)OC(=O)CCCCCCCCCCCCCCCCC)OC(C(=O)O)C(O)C1O. The highest BCUT2D eigenvalue weighted by atomic mass is 16.7. The predicted molar refractivity (Wildman–Crippen MR) is 331 cm³/mol. The average molecular weight is 1140 g/mol. The Morgan fingerprint density at radius 2 is 0.802 bits per heavy atom. The highest BCUT2D eigenvalue weighted by Gasteiger charge is 2.50. The van der Waals surface area contributed by atoms with E-state index in [0.29, 0.717) is 25.7 Å². The normalized spacial score (nSPS) is 18.3. The number of hydrogen-bond donors (Lipinski definition) is 3. The number of aliphatic carboxylic acids is 1. The van der Waals surface area contributed by atoms with Gasteiger partial charge in [0.2, 0.25) is 0 Å². The molecule has 12 nitrogen and oxygen atoms in total. The summed E-state index contributed by atoms with van der Waals surface area (Å²) < 4.78 is 28.4.